The lowest BCUT2D eigenvalue weighted by atomic mass is 10.0. The third kappa shape index (κ3) is 12.8. The molecule has 0 saturated heterocycles. The van der Waals surface area contributed by atoms with Gasteiger partial charge in [0.2, 0.25) is 0 Å². The van der Waals surface area contributed by atoms with E-state index in [0.717, 1.165) is 130 Å². The monoisotopic (exact) mass is 847 g/mol. The van der Waals surface area contributed by atoms with E-state index >= 15 is 0 Å². The van der Waals surface area contributed by atoms with E-state index in [1.165, 1.54) is 128 Å². The van der Waals surface area contributed by atoms with E-state index in [-0.39, 0.29) is 0 Å². The first-order chi connectivity index (χ1) is 29.7. The van der Waals surface area contributed by atoms with Crippen LogP contribution in [-0.4, -0.2) is 29.9 Å². The van der Waals surface area contributed by atoms with Crippen LogP contribution in [0.1, 0.15) is 205 Å². The number of unbranched alkanes of at least 4 members (excludes halogenated alkanes) is 20. The molecule has 6 rings (SSSR count). The second kappa shape index (κ2) is 25.5. The summed E-state index contributed by atoms with van der Waals surface area (Å²) in [6.07, 6.45) is 34.1. The summed E-state index contributed by atoms with van der Waals surface area (Å²) in [4.78, 5) is 33.8. The molecule has 6 nitrogen and oxygen atoms in total. The zero-order valence-electron chi connectivity index (χ0n) is 37.8. The Hall–Kier alpha value is -3.36. The Kier molecular flexibility index (Phi) is 19.6. The van der Waals surface area contributed by atoms with Crippen molar-refractivity contribution in [3.05, 3.63) is 56.4 Å². The molecule has 0 bridgehead atoms. The molecule has 0 aliphatic carbocycles. The van der Waals surface area contributed by atoms with Gasteiger partial charge in [-0.05, 0) is 74.3 Å². The fraction of sp³-hybridized carbons (Fsp3) is 0.615. The van der Waals surface area contributed by atoms with E-state index in [1.54, 1.807) is 22.7 Å². The van der Waals surface area contributed by atoms with Crippen LogP contribution in [-0.2, 0) is 25.7 Å². The predicted octanol–water partition coefficient (Wildman–Crippen LogP) is 16.6. The van der Waals surface area contributed by atoms with Crippen LogP contribution >= 0.6 is 22.7 Å². The van der Waals surface area contributed by atoms with Crippen LogP contribution in [0.15, 0.2) is 33.7 Å². The smallest absolute Gasteiger partial charge is 0.120 e. The first kappa shape index (κ1) is 46.2. The Bertz CT molecular complexity index is 1990. The number of benzene rings is 1. The minimum atomic E-state index is 0.809. The van der Waals surface area contributed by atoms with Gasteiger partial charge in [0.25, 0.3) is 0 Å². The van der Waals surface area contributed by atoms with Crippen LogP contribution in [0, 0.1) is 0 Å². The van der Waals surface area contributed by atoms with E-state index in [9.17, 15) is 0 Å². The number of nitrogens with zero attached hydrogens (tertiary/aromatic N) is 6. The van der Waals surface area contributed by atoms with Crippen LogP contribution in [0.25, 0.3) is 55.6 Å². The highest BCUT2D eigenvalue weighted by atomic mass is 32.1. The summed E-state index contributed by atoms with van der Waals surface area (Å²) in [6.45, 7) is 9.18. The van der Waals surface area contributed by atoms with Crippen molar-refractivity contribution < 1.29 is 0 Å². The molecule has 60 heavy (non-hydrogen) atoms. The SMILES string of the molecule is CCCCCCCCc1nc2c3nc(CCCCCCCC)c(CCCCCCCC)nc3c3nc(-c4ccsc4)c(-c4ccsc4)nc3c2nc1CCCCCCCC. The molecule has 0 saturated carbocycles. The lowest BCUT2D eigenvalue weighted by Gasteiger charge is -2.17. The third-order valence-corrected chi connectivity index (χ3v) is 13.7. The second-order valence-electron chi connectivity index (χ2n) is 17.3. The molecule has 6 aromatic rings. The average molecular weight is 847 g/mol. The van der Waals surface area contributed by atoms with Gasteiger partial charge in [-0.2, -0.15) is 22.7 Å². The van der Waals surface area contributed by atoms with Gasteiger partial charge in [-0.25, -0.2) is 29.9 Å². The van der Waals surface area contributed by atoms with Crippen LogP contribution in [0.2, 0.25) is 0 Å². The highest BCUT2D eigenvalue weighted by Gasteiger charge is 2.24. The predicted molar refractivity (Wildman–Crippen MR) is 261 cm³/mol. The van der Waals surface area contributed by atoms with Crippen molar-refractivity contribution in [2.45, 2.75) is 207 Å². The number of rotatable bonds is 30. The summed E-state index contributed by atoms with van der Waals surface area (Å²) in [5.74, 6) is 0. The van der Waals surface area contributed by atoms with Crippen molar-refractivity contribution in [3.8, 4) is 22.5 Å². The quantitative estimate of drug-likeness (QED) is 0.0332. The van der Waals surface area contributed by atoms with Crippen molar-refractivity contribution in [2.24, 2.45) is 0 Å². The van der Waals surface area contributed by atoms with Gasteiger partial charge < -0.3 is 0 Å². The molecular formula is C52H74N6S2. The van der Waals surface area contributed by atoms with Crippen LogP contribution in [0.4, 0.5) is 0 Å². The largest absolute Gasteiger partial charge is 0.247 e. The van der Waals surface area contributed by atoms with E-state index in [0.29, 0.717) is 0 Å². The summed E-state index contributed by atoms with van der Waals surface area (Å²) in [5, 5.41) is 8.65. The van der Waals surface area contributed by atoms with Crippen LogP contribution < -0.4 is 0 Å². The molecule has 5 heterocycles. The minimum Gasteiger partial charge on any atom is -0.247 e. The highest BCUT2D eigenvalue weighted by Crippen LogP contribution is 2.38. The average Bonchev–Trinajstić information content (AvgIpc) is 4.02. The van der Waals surface area contributed by atoms with Crippen molar-refractivity contribution >= 4 is 55.8 Å². The summed E-state index contributed by atoms with van der Waals surface area (Å²) in [6, 6.07) is 4.33. The van der Waals surface area contributed by atoms with Gasteiger partial charge in [0.1, 0.15) is 33.1 Å². The Morgan fingerprint density at radius 3 is 0.817 bits per heavy atom. The van der Waals surface area contributed by atoms with Gasteiger partial charge in [-0.15, -0.1) is 0 Å². The Labute approximate surface area is 370 Å². The summed E-state index contributed by atoms with van der Waals surface area (Å²) in [7, 11) is 0. The fourth-order valence-electron chi connectivity index (χ4n) is 8.73. The third-order valence-electron chi connectivity index (χ3n) is 12.3. The van der Waals surface area contributed by atoms with Gasteiger partial charge >= 0.3 is 0 Å². The molecule has 5 aromatic heterocycles. The number of hydrogen-bond donors (Lipinski definition) is 0. The maximum atomic E-state index is 5.66. The van der Waals surface area contributed by atoms with Gasteiger partial charge in [-0.3, -0.25) is 0 Å². The van der Waals surface area contributed by atoms with Crippen molar-refractivity contribution in [2.75, 3.05) is 0 Å². The molecule has 0 unspecified atom stereocenters. The number of aromatic nitrogens is 6. The number of hydrogen-bond acceptors (Lipinski definition) is 8. The molecule has 0 radical (unpaired) electrons. The molecule has 0 fully saturated rings. The molecule has 0 aliphatic rings. The Balaban J connectivity index is 1.52. The lowest BCUT2D eigenvalue weighted by Crippen LogP contribution is -2.09. The molecule has 0 spiro atoms. The van der Waals surface area contributed by atoms with Crippen molar-refractivity contribution in [3.63, 3.8) is 0 Å². The highest BCUT2D eigenvalue weighted by molar-refractivity contribution is 7.08. The molecule has 1 aromatic carbocycles. The van der Waals surface area contributed by atoms with Gasteiger partial charge in [0.05, 0.1) is 34.2 Å². The molecule has 0 amide bonds. The van der Waals surface area contributed by atoms with E-state index in [1.807, 2.05) is 0 Å². The van der Waals surface area contributed by atoms with Gasteiger partial charge in [-0.1, -0.05) is 156 Å². The van der Waals surface area contributed by atoms with Crippen LogP contribution in [0.5, 0.6) is 0 Å². The second-order valence-corrected chi connectivity index (χ2v) is 18.9. The maximum Gasteiger partial charge on any atom is 0.120 e. The lowest BCUT2D eigenvalue weighted by molar-refractivity contribution is 0.593. The standard InChI is InChI=1S/C52H74N6S2/c1-5-9-13-17-21-25-29-41-43(31-27-23-19-15-11-7-3)55-49-47(53-41)48-50(52-51(49)57-45(39-33-35-59-37-39)46(58-52)40-34-36-60-38-40)56-44(32-28-24-20-16-12-8-4)42(54-48)30-26-22-18-14-10-6-2/h33-38H,5-32H2,1-4H3. The van der Waals surface area contributed by atoms with Crippen molar-refractivity contribution in [1.29, 1.82) is 0 Å². The first-order valence-electron chi connectivity index (χ1n) is 24.4. The number of thiophene rings is 2. The molecule has 8 heteroatoms. The van der Waals surface area contributed by atoms with E-state index in [4.69, 9.17) is 29.9 Å². The Morgan fingerprint density at radius 1 is 0.317 bits per heavy atom. The number of aryl methyl sites for hydroxylation is 4. The van der Waals surface area contributed by atoms with Gasteiger partial charge in [0, 0.05) is 21.9 Å². The van der Waals surface area contributed by atoms with Crippen molar-refractivity contribution in [1.82, 2.24) is 29.9 Å². The fourth-order valence-corrected chi connectivity index (χ4v) is 10.0. The zero-order chi connectivity index (χ0) is 41.8. The normalized spacial score (nSPS) is 11.9. The van der Waals surface area contributed by atoms with Gasteiger partial charge in [0.15, 0.2) is 0 Å². The molecule has 0 aliphatic heterocycles. The molecule has 0 atom stereocenters. The molecule has 324 valence electrons. The maximum absolute atomic E-state index is 5.66. The van der Waals surface area contributed by atoms with E-state index < -0.39 is 0 Å². The topological polar surface area (TPSA) is 77.3 Å². The Morgan fingerprint density at radius 2 is 0.567 bits per heavy atom. The number of fused-ring (bicyclic) bond motifs is 6. The summed E-state index contributed by atoms with van der Waals surface area (Å²) >= 11 is 3.40. The molecular weight excluding hydrogens is 773 g/mol. The molecule has 0 N–H and O–H groups in total. The van der Waals surface area contributed by atoms with E-state index in [2.05, 4.69) is 61.3 Å². The first-order valence-corrected chi connectivity index (χ1v) is 26.3. The summed E-state index contributed by atoms with van der Waals surface area (Å²) < 4.78 is 0. The zero-order valence-corrected chi connectivity index (χ0v) is 39.4. The van der Waals surface area contributed by atoms with Crippen LogP contribution in [0.3, 0.4) is 0 Å². The summed E-state index contributed by atoms with van der Waals surface area (Å²) in [5.41, 5.74) is 13.6. The minimum absolute atomic E-state index is 0.809.